The first kappa shape index (κ1) is 21.5. The Hall–Kier alpha value is -3.17. The molecule has 2 aromatic carbocycles. The molecule has 0 atom stereocenters. The number of hydrazone groups is 1. The number of benzene rings is 2. The summed E-state index contributed by atoms with van der Waals surface area (Å²) in [4.78, 5) is 14.0. The lowest BCUT2D eigenvalue weighted by atomic mass is 10.2. The van der Waals surface area contributed by atoms with E-state index in [9.17, 15) is 4.79 Å². The van der Waals surface area contributed by atoms with Gasteiger partial charge in [0.1, 0.15) is 0 Å². The van der Waals surface area contributed by atoms with Crippen molar-refractivity contribution < 1.29 is 19.0 Å². The van der Waals surface area contributed by atoms with Gasteiger partial charge in [0.05, 0.1) is 26.5 Å². The van der Waals surface area contributed by atoms with Crippen molar-refractivity contribution in [3.63, 3.8) is 0 Å². The zero-order valence-corrected chi connectivity index (χ0v) is 17.5. The number of morpholine rings is 1. The van der Waals surface area contributed by atoms with Crippen molar-refractivity contribution in [2.75, 3.05) is 45.3 Å². The number of carbonyl (C=O) groups excluding carboxylic acids is 1. The van der Waals surface area contributed by atoms with Gasteiger partial charge in [-0.05, 0) is 48.1 Å². The van der Waals surface area contributed by atoms with Crippen LogP contribution in [0.1, 0.15) is 5.56 Å². The van der Waals surface area contributed by atoms with Gasteiger partial charge in [-0.25, -0.2) is 0 Å². The van der Waals surface area contributed by atoms with Gasteiger partial charge < -0.3 is 24.4 Å². The molecule has 1 heterocycles. The third-order valence-electron chi connectivity index (χ3n) is 4.31. The van der Waals surface area contributed by atoms with Crippen LogP contribution in [0, 0.1) is 0 Å². The Morgan fingerprint density at radius 2 is 1.97 bits per heavy atom. The standard InChI is InChI=1S/C21H24N4O4S/c1-27-19-13-16(14-22-24-21(30)23-17-5-3-2-4-6-17)7-8-18(19)29-15-20(26)25-9-11-28-12-10-25/h2-8,13-14H,9-12,15H2,1H3,(H2,23,24,30)/b22-14-. The van der Waals surface area contributed by atoms with E-state index in [0.29, 0.717) is 42.9 Å². The van der Waals surface area contributed by atoms with E-state index in [1.807, 2.05) is 36.4 Å². The van der Waals surface area contributed by atoms with Gasteiger partial charge in [0, 0.05) is 18.8 Å². The summed E-state index contributed by atoms with van der Waals surface area (Å²) in [5.41, 5.74) is 4.43. The number of hydrogen-bond donors (Lipinski definition) is 2. The van der Waals surface area contributed by atoms with Gasteiger partial charge in [0.2, 0.25) is 0 Å². The van der Waals surface area contributed by atoms with E-state index in [-0.39, 0.29) is 12.5 Å². The summed E-state index contributed by atoms with van der Waals surface area (Å²) < 4.78 is 16.3. The molecule has 0 radical (unpaired) electrons. The fraction of sp³-hybridized carbons (Fsp3) is 0.286. The van der Waals surface area contributed by atoms with Crippen LogP contribution >= 0.6 is 12.2 Å². The molecule has 0 aliphatic carbocycles. The Morgan fingerprint density at radius 1 is 1.20 bits per heavy atom. The molecule has 0 unspecified atom stereocenters. The summed E-state index contributed by atoms with van der Waals surface area (Å²) >= 11 is 5.21. The van der Waals surface area contributed by atoms with Crippen molar-refractivity contribution in [2.45, 2.75) is 0 Å². The van der Waals surface area contributed by atoms with Gasteiger partial charge >= 0.3 is 0 Å². The van der Waals surface area contributed by atoms with Crippen LogP contribution in [0.5, 0.6) is 11.5 Å². The molecule has 9 heteroatoms. The van der Waals surface area contributed by atoms with Gasteiger partial charge in [0.25, 0.3) is 5.91 Å². The van der Waals surface area contributed by atoms with E-state index in [1.165, 1.54) is 0 Å². The highest BCUT2D eigenvalue weighted by Crippen LogP contribution is 2.27. The molecule has 3 rings (SSSR count). The molecule has 1 fully saturated rings. The molecule has 2 N–H and O–H groups in total. The second kappa shape index (κ2) is 11.1. The lowest BCUT2D eigenvalue weighted by Gasteiger charge is -2.26. The van der Waals surface area contributed by atoms with E-state index in [4.69, 9.17) is 26.4 Å². The van der Waals surface area contributed by atoms with Crippen LogP contribution in [-0.4, -0.2) is 62.2 Å². The van der Waals surface area contributed by atoms with Gasteiger partial charge in [-0.3, -0.25) is 10.2 Å². The molecule has 0 aromatic heterocycles. The maximum atomic E-state index is 12.2. The van der Waals surface area contributed by atoms with E-state index in [0.717, 1.165) is 11.3 Å². The second-order valence-corrected chi connectivity index (χ2v) is 6.79. The number of rotatable bonds is 7. The summed E-state index contributed by atoms with van der Waals surface area (Å²) in [5, 5.41) is 7.54. The van der Waals surface area contributed by atoms with Crippen molar-refractivity contribution in [3.8, 4) is 11.5 Å². The number of nitrogens with one attached hydrogen (secondary N) is 2. The number of para-hydroxylation sites is 1. The van der Waals surface area contributed by atoms with Crippen molar-refractivity contribution >= 4 is 35.1 Å². The molecule has 2 aromatic rings. The highest BCUT2D eigenvalue weighted by molar-refractivity contribution is 7.80. The van der Waals surface area contributed by atoms with Gasteiger partial charge in [0.15, 0.2) is 23.2 Å². The first-order valence-electron chi connectivity index (χ1n) is 9.47. The zero-order valence-electron chi connectivity index (χ0n) is 16.7. The number of thiocarbonyl (C=S) groups is 1. The minimum Gasteiger partial charge on any atom is -0.493 e. The maximum Gasteiger partial charge on any atom is 0.260 e. The Labute approximate surface area is 180 Å². The van der Waals surface area contributed by atoms with Crippen LogP contribution in [0.25, 0.3) is 0 Å². The topological polar surface area (TPSA) is 84.4 Å². The zero-order chi connectivity index (χ0) is 21.2. The Balaban J connectivity index is 1.52. The number of carbonyl (C=O) groups is 1. The van der Waals surface area contributed by atoms with E-state index in [1.54, 1.807) is 30.4 Å². The third kappa shape index (κ3) is 6.43. The molecule has 1 aliphatic heterocycles. The molecule has 0 saturated carbocycles. The molecule has 1 saturated heterocycles. The third-order valence-corrected chi connectivity index (χ3v) is 4.51. The summed E-state index contributed by atoms with van der Waals surface area (Å²) in [7, 11) is 1.55. The predicted octanol–water partition coefficient (Wildman–Crippen LogP) is 2.25. The molecular formula is C21H24N4O4S. The minimum absolute atomic E-state index is 0.0508. The summed E-state index contributed by atoms with van der Waals surface area (Å²) in [5.74, 6) is 0.929. The van der Waals surface area contributed by atoms with Gasteiger partial charge in [-0.2, -0.15) is 5.10 Å². The van der Waals surface area contributed by atoms with Crippen molar-refractivity contribution in [2.24, 2.45) is 5.10 Å². The predicted molar refractivity (Wildman–Crippen MR) is 119 cm³/mol. The Bertz CT molecular complexity index is 886. The van der Waals surface area contributed by atoms with Crippen LogP contribution in [-0.2, 0) is 9.53 Å². The van der Waals surface area contributed by atoms with Crippen molar-refractivity contribution in [3.05, 3.63) is 54.1 Å². The summed E-state index contributed by atoms with van der Waals surface area (Å²) in [6.07, 6.45) is 1.62. The number of amides is 1. The van der Waals surface area contributed by atoms with E-state index < -0.39 is 0 Å². The van der Waals surface area contributed by atoms with E-state index in [2.05, 4.69) is 15.8 Å². The molecule has 0 bridgehead atoms. The minimum atomic E-state index is -0.0744. The van der Waals surface area contributed by atoms with Crippen LogP contribution < -0.4 is 20.2 Å². The average molecular weight is 429 g/mol. The molecular weight excluding hydrogens is 404 g/mol. The summed E-state index contributed by atoms with van der Waals surface area (Å²) in [6.45, 7) is 2.24. The molecule has 1 amide bonds. The van der Waals surface area contributed by atoms with Crippen molar-refractivity contribution in [1.82, 2.24) is 10.3 Å². The highest BCUT2D eigenvalue weighted by atomic mass is 32.1. The summed E-state index contributed by atoms with van der Waals surface area (Å²) in [6, 6.07) is 14.9. The van der Waals surface area contributed by atoms with Crippen molar-refractivity contribution in [1.29, 1.82) is 0 Å². The van der Waals surface area contributed by atoms with Crippen LogP contribution in [0.4, 0.5) is 5.69 Å². The van der Waals surface area contributed by atoms with Crippen LogP contribution in [0.3, 0.4) is 0 Å². The lowest BCUT2D eigenvalue weighted by Crippen LogP contribution is -2.43. The fourth-order valence-corrected chi connectivity index (χ4v) is 2.94. The number of methoxy groups -OCH3 is 1. The number of ether oxygens (including phenoxy) is 3. The second-order valence-electron chi connectivity index (χ2n) is 6.38. The van der Waals surface area contributed by atoms with Gasteiger partial charge in [-0.1, -0.05) is 18.2 Å². The first-order chi connectivity index (χ1) is 14.7. The molecule has 158 valence electrons. The lowest BCUT2D eigenvalue weighted by molar-refractivity contribution is -0.137. The average Bonchev–Trinajstić information content (AvgIpc) is 2.79. The number of hydrogen-bond acceptors (Lipinski definition) is 6. The first-order valence-corrected chi connectivity index (χ1v) is 9.88. The largest absolute Gasteiger partial charge is 0.493 e. The highest BCUT2D eigenvalue weighted by Gasteiger charge is 2.18. The molecule has 30 heavy (non-hydrogen) atoms. The monoisotopic (exact) mass is 428 g/mol. The number of nitrogens with zero attached hydrogens (tertiary/aromatic N) is 2. The van der Waals surface area contributed by atoms with Crippen LogP contribution in [0.2, 0.25) is 0 Å². The van der Waals surface area contributed by atoms with Crippen LogP contribution in [0.15, 0.2) is 53.6 Å². The Kier molecular flexibility index (Phi) is 7.99. The van der Waals surface area contributed by atoms with Gasteiger partial charge in [-0.15, -0.1) is 0 Å². The molecule has 0 spiro atoms. The molecule has 1 aliphatic rings. The quantitative estimate of drug-likeness (QED) is 0.398. The smallest absolute Gasteiger partial charge is 0.260 e. The Morgan fingerprint density at radius 3 is 2.70 bits per heavy atom. The van der Waals surface area contributed by atoms with E-state index >= 15 is 0 Å². The normalized spacial score (nSPS) is 13.7. The molecule has 8 nitrogen and oxygen atoms in total. The maximum absolute atomic E-state index is 12.2. The number of anilines is 1. The SMILES string of the molecule is COc1cc(/C=N\NC(=S)Nc2ccccc2)ccc1OCC(=O)N1CCOCC1. The fourth-order valence-electron chi connectivity index (χ4n) is 2.77.